The summed E-state index contributed by atoms with van der Waals surface area (Å²) >= 11 is 0. The molecule has 2 atom stereocenters. The molecule has 1 aromatic rings. The molecule has 0 N–H and O–H groups in total. The van der Waals surface area contributed by atoms with Gasteiger partial charge in [0.25, 0.3) is 0 Å². The zero-order valence-electron chi connectivity index (χ0n) is 15.9. The van der Waals surface area contributed by atoms with E-state index < -0.39 is 29.2 Å². The van der Waals surface area contributed by atoms with Gasteiger partial charge in [-0.15, -0.1) is 0 Å². The second-order valence-corrected chi connectivity index (χ2v) is 7.58. The Kier molecular flexibility index (Phi) is 4.96. The molecule has 0 radical (unpaired) electrons. The Morgan fingerprint density at radius 1 is 1.18 bits per heavy atom. The van der Waals surface area contributed by atoms with E-state index in [1.165, 1.54) is 0 Å². The molecule has 2 aliphatic carbocycles. The van der Waals surface area contributed by atoms with Crippen LogP contribution in [0.15, 0.2) is 35.9 Å². The third-order valence-electron chi connectivity index (χ3n) is 5.95. The summed E-state index contributed by atoms with van der Waals surface area (Å²) in [5.74, 6) is -2.15. The Labute approximate surface area is 163 Å². The molecule has 1 aliphatic heterocycles. The predicted octanol–water partition coefficient (Wildman–Crippen LogP) is 3.44. The molecule has 0 spiro atoms. The fourth-order valence-electron chi connectivity index (χ4n) is 4.55. The van der Waals surface area contributed by atoms with Crippen molar-refractivity contribution < 1.29 is 28.6 Å². The van der Waals surface area contributed by atoms with Crippen LogP contribution in [0.25, 0.3) is 0 Å². The van der Waals surface area contributed by atoms with E-state index >= 15 is 0 Å². The summed E-state index contributed by atoms with van der Waals surface area (Å²) in [5, 5.41) is 0. The quantitative estimate of drug-likeness (QED) is 0.449. The minimum Gasteiger partial charge on any atom is -0.463 e. The smallest absolute Gasteiger partial charge is 0.334 e. The first kappa shape index (κ1) is 18.7. The lowest BCUT2D eigenvalue weighted by Gasteiger charge is -2.38. The largest absolute Gasteiger partial charge is 0.463 e. The van der Waals surface area contributed by atoms with Gasteiger partial charge in [-0.3, -0.25) is 9.59 Å². The van der Waals surface area contributed by atoms with Gasteiger partial charge in [-0.25, -0.2) is 4.79 Å². The van der Waals surface area contributed by atoms with Gasteiger partial charge in [0.05, 0.1) is 6.61 Å². The summed E-state index contributed by atoms with van der Waals surface area (Å²) in [5.41, 5.74) is -0.598. The van der Waals surface area contributed by atoms with E-state index in [9.17, 15) is 14.4 Å². The Morgan fingerprint density at radius 2 is 1.93 bits per heavy atom. The van der Waals surface area contributed by atoms with E-state index in [1.807, 2.05) is 0 Å². The average molecular weight is 384 g/mol. The summed E-state index contributed by atoms with van der Waals surface area (Å²) in [6.45, 7) is 1.94. The standard InChI is InChI=1S/C22H24O6/c1-2-26-19(23)16-12-13-22(20(24)27-14-8-4-3-5-9-14)18(16)15-10-6-7-11-17(15)28-21(22)25/h6-7,10-12,14,18H,2-5,8-9,13H2,1H3. The molecule has 3 aliphatic rings. The van der Waals surface area contributed by atoms with Crippen LogP contribution in [0, 0.1) is 5.41 Å². The van der Waals surface area contributed by atoms with Crippen LogP contribution in [-0.4, -0.2) is 30.6 Å². The molecule has 0 bridgehead atoms. The molecule has 6 nitrogen and oxygen atoms in total. The van der Waals surface area contributed by atoms with Gasteiger partial charge >= 0.3 is 17.9 Å². The first-order valence-electron chi connectivity index (χ1n) is 9.97. The molecule has 1 aromatic carbocycles. The normalized spacial score (nSPS) is 26.5. The highest BCUT2D eigenvalue weighted by atomic mass is 16.6. The summed E-state index contributed by atoms with van der Waals surface area (Å²) in [4.78, 5) is 38.9. The van der Waals surface area contributed by atoms with Crippen molar-refractivity contribution in [3.8, 4) is 5.75 Å². The summed E-state index contributed by atoms with van der Waals surface area (Å²) in [6.07, 6.45) is 6.27. The second-order valence-electron chi connectivity index (χ2n) is 7.58. The van der Waals surface area contributed by atoms with Gasteiger partial charge in [-0.1, -0.05) is 30.7 Å². The van der Waals surface area contributed by atoms with Gasteiger partial charge in [-0.05, 0) is 45.1 Å². The van der Waals surface area contributed by atoms with Crippen LogP contribution in [-0.2, 0) is 23.9 Å². The third kappa shape index (κ3) is 2.91. The number of fused-ring (bicyclic) bond motifs is 3. The van der Waals surface area contributed by atoms with Crippen LogP contribution < -0.4 is 4.74 Å². The second kappa shape index (κ2) is 7.41. The van der Waals surface area contributed by atoms with Crippen molar-refractivity contribution in [2.45, 2.75) is 57.5 Å². The van der Waals surface area contributed by atoms with Gasteiger partial charge in [0, 0.05) is 17.1 Å². The molecule has 28 heavy (non-hydrogen) atoms. The summed E-state index contributed by atoms with van der Waals surface area (Å²) in [6, 6.07) is 7.01. The topological polar surface area (TPSA) is 78.9 Å². The highest BCUT2D eigenvalue weighted by molar-refractivity contribution is 6.08. The third-order valence-corrected chi connectivity index (χ3v) is 5.95. The molecule has 1 saturated carbocycles. The molecule has 6 heteroatoms. The van der Waals surface area contributed by atoms with Crippen molar-refractivity contribution in [3.63, 3.8) is 0 Å². The van der Waals surface area contributed by atoms with Crippen LogP contribution in [0.5, 0.6) is 5.75 Å². The van der Waals surface area contributed by atoms with E-state index in [-0.39, 0.29) is 19.1 Å². The molecule has 1 heterocycles. The van der Waals surface area contributed by atoms with E-state index in [0.717, 1.165) is 32.1 Å². The Morgan fingerprint density at radius 3 is 2.68 bits per heavy atom. The lowest BCUT2D eigenvalue weighted by Crippen LogP contribution is -2.50. The van der Waals surface area contributed by atoms with E-state index in [2.05, 4.69) is 0 Å². The van der Waals surface area contributed by atoms with Crippen molar-refractivity contribution in [2.24, 2.45) is 5.41 Å². The van der Waals surface area contributed by atoms with Gasteiger partial charge in [0.1, 0.15) is 11.9 Å². The number of allylic oxidation sites excluding steroid dienone is 1. The number of benzene rings is 1. The first-order valence-corrected chi connectivity index (χ1v) is 9.97. The highest BCUT2D eigenvalue weighted by Crippen LogP contribution is 2.56. The van der Waals surface area contributed by atoms with Gasteiger partial charge in [0.15, 0.2) is 5.41 Å². The number of esters is 3. The van der Waals surface area contributed by atoms with E-state index in [0.29, 0.717) is 16.9 Å². The minimum atomic E-state index is -1.56. The Bertz CT molecular complexity index is 835. The molecular weight excluding hydrogens is 360 g/mol. The molecule has 0 amide bonds. The van der Waals surface area contributed by atoms with Crippen molar-refractivity contribution in [3.05, 3.63) is 41.5 Å². The van der Waals surface area contributed by atoms with Crippen molar-refractivity contribution in [1.82, 2.24) is 0 Å². The number of hydrogen-bond donors (Lipinski definition) is 0. The van der Waals surface area contributed by atoms with Crippen LogP contribution in [0.1, 0.15) is 56.9 Å². The van der Waals surface area contributed by atoms with Crippen LogP contribution >= 0.6 is 0 Å². The molecule has 0 aromatic heterocycles. The van der Waals surface area contributed by atoms with Gasteiger partial charge < -0.3 is 14.2 Å². The molecule has 2 unspecified atom stereocenters. The van der Waals surface area contributed by atoms with Crippen LogP contribution in [0.4, 0.5) is 0 Å². The highest BCUT2D eigenvalue weighted by Gasteiger charge is 2.63. The first-order chi connectivity index (χ1) is 13.6. The Balaban J connectivity index is 1.73. The van der Waals surface area contributed by atoms with Gasteiger partial charge in [0.2, 0.25) is 0 Å². The average Bonchev–Trinajstić information content (AvgIpc) is 3.12. The SMILES string of the molecule is CCOC(=O)C1=CCC2(C(=O)OC3CCCCC3)C(=O)Oc3ccccc3C12. The number of carbonyl (C=O) groups is 3. The minimum absolute atomic E-state index is 0.0739. The summed E-state index contributed by atoms with van der Waals surface area (Å²) < 4.78 is 16.5. The van der Waals surface area contributed by atoms with E-state index in [1.54, 1.807) is 37.3 Å². The monoisotopic (exact) mass is 384 g/mol. The van der Waals surface area contributed by atoms with Crippen molar-refractivity contribution in [1.29, 1.82) is 0 Å². The van der Waals surface area contributed by atoms with Gasteiger partial charge in [-0.2, -0.15) is 0 Å². The number of hydrogen-bond acceptors (Lipinski definition) is 6. The maximum Gasteiger partial charge on any atom is 0.334 e. The maximum absolute atomic E-state index is 13.3. The van der Waals surface area contributed by atoms with Crippen LogP contribution in [0.2, 0.25) is 0 Å². The maximum atomic E-state index is 13.3. The number of carbonyl (C=O) groups excluding carboxylic acids is 3. The molecule has 4 rings (SSSR count). The lowest BCUT2D eigenvalue weighted by molar-refractivity contribution is -0.174. The van der Waals surface area contributed by atoms with Crippen molar-refractivity contribution >= 4 is 17.9 Å². The number of para-hydroxylation sites is 1. The van der Waals surface area contributed by atoms with Crippen LogP contribution in [0.3, 0.4) is 0 Å². The zero-order valence-corrected chi connectivity index (χ0v) is 15.9. The van der Waals surface area contributed by atoms with E-state index in [4.69, 9.17) is 14.2 Å². The number of rotatable bonds is 4. The molecular formula is C22H24O6. The fourth-order valence-corrected chi connectivity index (χ4v) is 4.55. The molecule has 1 fully saturated rings. The van der Waals surface area contributed by atoms with Crippen molar-refractivity contribution in [2.75, 3.05) is 6.61 Å². The molecule has 0 saturated heterocycles. The summed E-state index contributed by atoms with van der Waals surface area (Å²) in [7, 11) is 0. The fraction of sp³-hybridized carbons (Fsp3) is 0.500. The predicted molar refractivity (Wildman–Crippen MR) is 99.5 cm³/mol. The zero-order chi connectivity index (χ0) is 19.7. The Hall–Kier alpha value is -2.63. The molecule has 148 valence electrons. The number of ether oxygens (including phenoxy) is 3. The lowest BCUT2D eigenvalue weighted by atomic mass is 9.69.